The van der Waals surface area contributed by atoms with Gasteiger partial charge in [0.25, 0.3) is 11.8 Å². The number of furan rings is 1. The van der Waals surface area contributed by atoms with Crippen LogP contribution < -0.4 is 21.1 Å². The van der Waals surface area contributed by atoms with Gasteiger partial charge >= 0.3 is 0 Å². The van der Waals surface area contributed by atoms with Gasteiger partial charge in [-0.15, -0.1) is 0 Å². The average Bonchev–Trinajstić information content (AvgIpc) is 3.26. The summed E-state index contributed by atoms with van der Waals surface area (Å²) in [6.07, 6.45) is 7.32. The molecule has 7 nitrogen and oxygen atoms in total. The van der Waals surface area contributed by atoms with Crippen LogP contribution in [0.1, 0.15) is 42.7 Å². The van der Waals surface area contributed by atoms with Gasteiger partial charge in [0.15, 0.2) is 12.4 Å². The maximum Gasteiger partial charge on any atom is 0.291 e. The second kappa shape index (κ2) is 9.94. The molecule has 0 bridgehead atoms. The Morgan fingerprint density at radius 3 is 2.71 bits per heavy atom. The summed E-state index contributed by atoms with van der Waals surface area (Å²) in [4.78, 5) is 24.3. The number of nitrogens with two attached hydrogens (primary N) is 1. The van der Waals surface area contributed by atoms with Gasteiger partial charge in [0.05, 0.1) is 6.26 Å². The van der Waals surface area contributed by atoms with Gasteiger partial charge in [-0.25, -0.2) is 0 Å². The number of rotatable bonds is 8. The number of carbonyl (C=O) groups excluding carboxylic acids is 2. The standard InChI is InChI=1S/C21H27N3O4/c22-13-18(15-6-2-1-3-7-15)24-20(25)14-28-17-9-4-8-16(12-17)23-21(26)19-10-5-11-27-19/h4-5,8-12,15,18H,1-3,6-7,13-14,22H2,(H,23,26)(H,24,25). The van der Waals surface area contributed by atoms with Gasteiger partial charge in [0.2, 0.25) is 0 Å². The fourth-order valence-corrected chi connectivity index (χ4v) is 3.57. The highest BCUT2D eigenvalue weighted by atomic mass is 16.5. The van der Waals surface area contributed by atoms with Gasteiger partial charge in [-0.05, 0) is 43.0 Å². The zero-order valence-electron chi connectivity index (χ0n) is 15.9. The molecule has 0 radical (unpaired) electrons. The molecule has 4 N–H and O–H groups in total. The predicted octanol–water partition coefficient (Wildman–Crippen LogP) is 2.93. The molecule has 1 aromatic carbocycles. The van der Waals surface area contributed by atoms with Gasteiger partial charge in [-0.1, -0.05) is 25.3 Å². The van der Waals surface area contributed by atoms with Crippen molar-refractivity contribution in [3.05, 3.63) is 48.4 Å². The Labute approximate surface area is 164 Å². The van der Waals surface area contributed by atoms with Crippen LogP contribution in [-0.2, 0) is 4.79 Å². The van der Waals surface area contributed by atoms with E-state index in [-0.39, 0.29) is 30.2 Å². The first-order valence-electron chi connectivity index (χ1n) is 9.73. The summed E-state index contributed by atoms with van der Waals surface area (Å²) in [5.74, 6) is 0.627. The normalized spacial score (nSPS) is 15.6. The van der Waals surface area contributed by atoms with E-state index in [1.807, 2.05) is 0 Å². The van der Waals surface area contributed by atoms with Crippen LogP contribution in [-0.4, -0.2) is 31.0 Å². The Hall–Kier alpha value is -2.80. The van der Waals surface area contributed by atoms with Crippen molar-refractivity contribution in [2.75, 3.05) is 18.5 Å². The van der Waals surface area contributed by atoms with Crippen LogP contribution >= 0.6 is 0 Å². The van der Waals surface area contributed by atoms with Gasteiger partial charge in [-0.3, -0.25) is 9.59 Å². The summed E-state index contributed by atoms with van der Waals surface area (Å²) in [5.41, 5.74) is 6.42. The topological polar surface area (TPSA) is 107 Å². The lowest BCUT2D eigenvalue weighted by Crippen LogP contribution is -2.47. The van der Waals surface area contributed by atoms with E-state index in [4.69, 9.17) is 14.9 Å². The van der Waals surface area contributed by atoms with Crippen LogP contribution in [0.5, 0.6) is 5.75 Å². The number of anilines is 1. The maximum atomic E-state index is 12.3. The summed E-state index contributed by atoms with van der Waals surface area (Å²) in [6.45, 7) is 0.337. The number of amides is 2. The first-order valence-corrected chi connectivity index (χ1v) is 9.73. The predicted molar refractivity (Wildman–Crippen MR) is 106 cm³/mol. The number of hydrogen-bond acceptors (Lipinski definition) is 5. The number of nitrogens with one attached hydrogen (secondary N) is 2. The largest absolute Gasteiger partial charge is 0.484 e. The maximum absolute atomic E-state index is 12.3. The van der Waals surface area contributed by atoms with Crippen LogP contribution in [0.4, 0.5) is 5.69 Å². The average molecular weight is 385 g/mol. The van der Waals surface area contributed by atoms with Crippen molar-refractivity contribution in [1.29, 1.82) is 0 Å². The van der Waals surface area contributed by atoms with E-state index in [1.165, 1.54) is 25.5 Å². The van der Waals surface area contributed by atoms with Crippen molar-refractivity contribution in [3.63, 3.8) is 0 Å². The monoisotopic (exact) mass is 385 g/mol. The fraction of sp³-hybridized carbons (Fsp3) is 0.429. The second-order valence-corrected chi connectivity index (χ2v) is 7.06. The highest BCUT2D eigenvalue weighted by Gasteiger charge is 2.24. The quantitative estimate of drug-likeness (QED) is 0.648. The van der Waals surface area contributed by atoms with Crippen molar-refractivity contribution in [1.82, 2.24) is 5.32 Å². The number of hydrogen-bond donors (Lipinski definition) is 3. The smallest absolute Gasteiger partial charge is 0.291 e. The van der Waals surface area contributed by atoms with Crippen LogP contribution in [0.2, 0.25) is 0 Å². The van der Waals surface area contributed by atoms with Gasteiger partial charge in [-0.2, -0.15) is 0 Å². The third-order valence-corrected chi connectivity index (χ3v) is 5.03. The molecule has 2 aromatic rings. The zero-order valence-corrected chi connectivity index (χ0v) is 15.9. The van der Waals surface area contributed by atoms with E-state index in [0.29, 0.717) is 23.9 Å². The number of benzene rings is 1. The fourth-order valence-electron chi connectivity index (χ4n) is 3.57. The van der Waals surface area contributed by atoms with Crippen molar-refractivity contribution < 1.29 is 18.7 Å². The lowest BCUT2D eigenvalue weighted by atomic mass is 9.84. The van der Waals surface area contributed by atoms with E-state index < -0.39 is 0 Å². The minimum absolute atomic E-state index is 0.00433. The van der Waals surface area contributed by atoms with Gasteiger partial charge in [0.1, 0.15) is 5.75 Å². The molecule has 7 heteroatoms. The van der Waals surface area contributed by atoms with Crippen LogP contribution in [0, 0.1) is 5.92 Å². The van der Waals surface area contributed by atoms with E-state index in [9.17, 15) is 9.59 Å². The summed E-state index contributed by atoms with van der Waals surface area (Å²) in [6, 6.07) is 10.1. The second-order valence-electron chi connectivity index (χ2n) is 7.06. The molecule has 1 aliphatic carbocycles. The molecule has 0 spiro atoms. The Morgan fingerprint density at radius 1 is 1.18 bits per heavy atom. The highest BCUT2D eigenvalue weighted by Crippen LogP contribution is 2.26. The van der Waals surface area contributed by atoms with Crippen LogP contribution in [0.15, 0.2) is 47.1 Å². The molecule has 2 amide bonds. The summed E-state index contributed by atoms with van der Waals surface area (Å²) >= 11 is 0. The molecular weight excluding hydrogens is 358 g/mol. The Bertz CT molecular complexity index is 770. The van der Waals surface area contributed by atoms with E-state index >= 15 is 0 Å². The zero-order chi connectivity index (χ0) is 19.8. The first-order chi connectivity index (χ1) is 13.7. The molecule has 1 aromatic heterocycles. The van der Waals surface area contributed by atoms with Crippen LogP contribution in [0.3, 0.4) is 0 Å². The van der Waals surface area contributed by atoms with Gasteiger partial charge in [0, 0.05) is 24.3 Å². The van der Waals surface area contributed by atoms with Gasteiger partial charge < -0.3 is 25.5 Å². The third kappa shape index (κ3) is 5.60. The SMILES string of the molecule is NCC(NC(=O)COc1cccc(NC(=O)c2ccco2)c1)C1CCCCC1. The Kier molecular flexibility index (Phi) is 7.08. The number of ether oxygens (including phenoxy) is 1. The molecule has 28 heavy (non-hydrogen) atoms. The first kappa shape index (κ1) is 19.9. The molecule has 1 heterocycles. The number of carbonyl (C=O) groups is 2. The van der Waals surface area contributed by atoms with Crippen molar-refractivity contribution in [3.8, 4) is 5.75 Å². The molecule has 1 atom stereocenters. The molecule has 1 fully saturated rings. The van der Waals surface area contributed by atoms with E-state index in [2.05, 4.69) is 10.6 Å². The molecular formula is C21H27N3O4. The summed E-state index contributed by atoms with van der Waals surface area (Å²) < 4.78 is 10.7. The molecule has 1 unspecified atom stereocenters. The highest BCUT2D eigenvalue weighted by molar-refractivity contribution is 6.02. The molecule has 3 rings (SSSR count). The molecule has 1 aliphatic rings. The molecule has 1 saturated carbocycles. The third-order valence-electron chi connectivity index (χ3n) is 5.03. The lowest BCUT2D eigenvalue weighted by Gasteiger charge is -2.30. The minimum Gasteiger partial charge on any atom is -0.484 e. The van der Waals surface area contributed by atoms with E-state index in [1.54, 1.807) is 36.4 Å². The van der Waals surface area contributed by atoms with Crippen molar-refractivity contribution in [2.24, 2.45) is 11.7 Å². The Balaban J connectivity index is 1.49. The molecule has 150 valence electrons. The summed E-state index contributed by atoms with van der Waals surface area (Å²) in [5, 5.41) is 5.73. The van der Waals surface area contributed by atoms with Crippen molar-refractivity contribution >= 4 is 17.5 Å². The molecule has 0 aliphatic heterocycles. The van der Waals surface area contributed by atoms with Crippen LogP contribution in [0.25, 0.3) is 0 Å². The van der Waals surface area contributed by atoms with E-state index in [0.717, 1.165) is 12.8 Å². The minimum atomic E-state index is -0.349. The Morgan fingerprint density at radius 2 is 2.00 bits per heavy atom. The lowest BCUT2D eigenvalue weighted by molar-refractivity contribution is -0.124. The molecule has 0 saturated heterocycles. The summed E-state index contributed by atoms with van der Waals surface area (Å²) in [7, 11) is 0. The van der Waals surface area contributed by atoms with Crippen molar-refractivity contribution in [2.45, 2.75) is 38.1 Å².